The minimum atomic E-state index is -0.775. The smallest absolute Gasteiger partial charge is 0.215 e. The summed E-state index contributed by atoms with van der Waals surface area (Å²) >= 11 is 0. The van der Waals surface area contributed by atoms with Crippen LogP contribution in [0.15, 0.2) is 46.6 Å². The molecular formula is C13H13F2N3O. The van der Waals surface area contributed by atoms with Crippen LogP contribution in [0.3, 0.4) is 0 Å². The van der Waals surface area contributed by atoms with Gasteiger partial charge in [0.15, 0.2) is 11.6 Å². The monoisotopic (exact) mass is 265 g/mol. The maximum Gasteiger partial charge on any atom is 0.215 e. The Morgan fingerprint density at radius 3 is 2.63 bits per heavy atom. The molecule has 0 aromatic heterocycles. The summed E-state index contributed by atoms with van der Waals surface area (Å²) < 4.78 is 32.1. The van der Waals surface area contributed by atoms with E-state index in [1.807, 2.05) is 0 Å². The van der Waals surface area contributed by atoms with Crippen LogP contribution in [0.2, 0.25) is 0 Å². The van der Waals surface area contributed by atoms with E-state index in [2.05, 4.69) is 10.4 Å². The van der Waals surface area contributed by atoms with Gasteiger partial charge in [0.1, 0.15) is 0 Å². The van der Waals surface area contributed by atoms with Crippen LogP contribution in [0.25, 0.3) is 0 Å². The number of para-hydroxylation sites is 1. The van der Waals surface area contributed by atoms with Crippen molar-refractivity contribution >= 4 is 5.90 Å². The second-order valence-corrected chi connectivity index (χ2v) is 3.92. The van der Waals surface area contributed by atoms with Crippen molar-refractivity contribution in [1.82, 2.24) is 5.43 Å². The largest absolute Gasteiger partial charge is 0.433 e. The molecule has 0 fully saturated rings. The fourth-order valence-corrected chi connectivity index (χ4v) is 1.62. The lowest BCUT2D eigenvalue weighted by atomic mass is 10.2. The number of hydrazine groups is 1. The molecule has 1 heterocycles. The summed E-state index contributed by atoms with van der Waals surface area (Å²) in [6.07, 6.45) is 3.31. The summed E-state index contributed by atoms with van der Waals surface area (Å²) in [5.74, 6) is 3.45. The number of halogens is 2. The first-order valence-corrected chi connectivity index (χ1v) is 5.63. The molecule has 100 valence electrons. The molecule has 0 saturated heterocycles. The third kappa shape index (κ3) is 2.97. The van der Waals surface area contributed by atoms with Gasteiger partial charge >= 0.3 is 0 Å². The second kappa shape index (κ2) is 5.62. The van der Waals surface area contributed by atoms with Crippen molar-refractivity contribution in [1.29, 1.82) is 0 Å². The first kappa shape index (κ1) is 13.2. The Hall–Kier alpha value is -2.21. The van der Waals surface area contributed by atoms with Crippen molar-refractivity contribution < 1.29 is 13.5 Å². The number of nitrogens with zero attached hydrogens (tertiary/aromatic N) is 1. The number of hydrogen-bond acceptors (Lipinski definition) is 4. The number of rotatable bonds is 2. The van der Waals surface area contributed by atoms with Crippen molar-refractivity contribution in [2.75, 3.05) is 6.54 Å². The number of benzene rings is 1. The molecule has 3 N–H and O–H groups in total. The van der Waals surface area contributed by atoms with Gasteiger partial charge < -0.3 is 10.2 Å². The number of nitrogens with two attached hydrogens (primary N) is 1. The summed E-state index contributed by atoms with van der Waals surface area (Å²) in [6, 6.07) is 3.51. The predicted molar refractivity (Wildman–Crippen MR) is 68.5 cm³/mol. The Bertz CT molecular complexity index is 559. The molecule has 1 aromatic carbocycles. The molecule has 6 heteroatoms. The van der Waals surface area contributed by atoms with Gasteiger partial charge in [0.25, 0.3) is 0 Å². The lowest BCUT2D eigenvalue weighted by Gasteiger charge is -2.08. The lowest BCUT2D eigenvalue weighted by Crippen LogP contribution is -2.22. The first-order valence-electron chi connectivity index (χ1n) is 5.63. The quantitative estimate of drug-likeness (QED) is 0.635. The Morgan fingerprint density at radius 1 is 1.32 bits per heavy atom. The highest BCUT2D eigenvalue weighted by Crippen LogP contribution is 2.22. The van der Waals surface area contributed by atoms with Gasteiger partial charge in [-0.05, 0) is 30.7 Å². The molecule has 0 spiro atoms. The average Bonchev–Trinajstić information content (AvgIpc) is 2.55. The van der Waals surface area contributed by atoms with Crippen LogP contribution in [0.1, 0.15) is 6.92 Å². The SMILES string of the molecule is CC1=CC(Oc2c(F)cccc2F)=NCC=C1NN. The van der Waals surface area contributed by atoms with E-state index in [-0.39, 0.29) is 5.90 Å². The van der Waals surface area contributed by atoms with E-state index >= 15 is 0 Å². The maximum absolute atomic E-state index is 13.5. The number of nitrogens with one attached hydrogen (secondary N) is 1. The van der Waals surface area contributed by atoms with Gasteiger partial charge in [-0.1, -0.05) is 6.07 Å². The van der Waals surface area contributed by atoms with Gasteiger partial charge in [-0.3, -0.25) is 5.84 Å². The highest BCUT2D eigenvalue weighted by molar-refractivity contribution is 5.91. The Balaban J connectivity index is 2.26. The Morgan fingerprint density at radius 2 is 2.00 bits per heavy atom. The molecule has 0 amide bonds. The van der Waals surface area contributed by atoms with E-state index in [0.29, 0.717) is 12.2 Å². The molecule has 1 aliphatic heterocycles. The second-order valence-electron chi connectivity index (χ2n) is 3.92. The van der Waals surface area contributed by atoms with Crippen molar-refractivity contribution in [3.8, 4) is 5.75 Å². The standard InChI is InChI=1S/C13H13F2N3O/c1-8-7-12(17-6-5-11(8)18-16)19-13-9(14)3-2-4-10(13)15/h2-5,7,18H,6,16H2,1H3. The molecule has 19 heavy (non-hydrogen) atoms. The molecule has 4 nitrogen and oxygen atoms in total. The Kier molecular flexibility index (Phi) is 3.91. The Labute approximate surface area is 109 Å². The minimum Gasteiger partial charge on any atom is -0.433 e. The molecule has 1 aromatic rings. The normalized spacial score (nSPS) is 15.1. The van der Waals surface area contributed by atoms with E-state index in [4.69, 9.17) is 10.6 Å². The number of allylic oxidation sites excluding steroid dienone is 1. The van der Waals surface area contributed by atoms with E-state index in [1.165, 1.54) is 6.07 Å². The highest BCUT2D eigenvalue weighted by Gasteiger charge is 2.13. The van der Waals surface area contributed by atoms with Gasteiger partial charge in [-0.2, -0.15) is 0 Å². The van der Waals surface area contributed by atoms with E-state index in [0.717, 1.165) is 17.7 Å². The van der Waals surface area contributed by atoms with Crippen molar-refractivity contribution in [3.05, 3.63) is 53.3 Å². The van der Waals surface area contributed by atoms with E-state index in [1.54, 1.807) is 19.1 Å². The van der Waals surface area contributed by atoms with Crippen LogP contribution in [-0.4, -0.2) is 12.4 Å². The summed E-state index contributed by atoms with van der Waals surface area (Å²) in [7, 11) is 0. The van der Waals surface area contributed by atoms with Gasteiger partial charge in [0, 0.05) is 11.8 Å². The molecule has 0 saturated carbocycles. The third-order valence-electron chi connectivity index (χ3n) is 2.59. The molecule has 0 atom stereocenters. The fraction of sp³-hybridized carbons (Fsp3) is 0.154. The molecule has 1 aliphatic rings. The van der Waals surface area contributed by atoms with E-state index in [9.17, 15) is 8.78 Å². The van der Waals surface area contributed by atoms with Gasteiger partial charge in [-0.25, -0.2) is 13.8 Å². The summed E-state index contributed by atoms with van der Waals surface area (Å²) in [5.41, 5.74) is 3.97. The molecule has 0 aliphatic carbocycles. The topological polar surface area (TPSA) is 59.6 Å². The van der Waals surface area contributed by atoms with Crippen molar-refractivity contribution in [3.63, 3.8) is 0 Å². The first-order chi connectivity index (χ1) is 9.11. The van der Waals surface area contributed by atoms with Gasteiger partial charge in [-0.15, -0.1) is 0 Å². The van der Waals surface area contributed by atoms with Crippen LogP contribution >= 0.6 is 0 Å². The summed E-state index contributed by atoms with van der Waals surface area (Å²) in [6.45, 7) is 2.09. The molecule has 0 unspecified atom stereocenters. The number of hydrogen-bond donors (Lipinski definition) is 2. The fourth-order valence-electron chi connectivity index (χ4n) is 1.62. The molecule has 2 rings (SSSR count). The van der Waals surface area contributed by atoms with Crippen molar-refractivity contribution in [2.24, 2.45) is 10.8 Å². The van der Waals surface area contributed by atoms with Crippen LogP contribution in [-0.2, 0) is 0 Å². The van der Waals surface area contributed by atoms with Crippen LogP contribution in [0.5, 0.6) is 5.75 Å². The highest BCUT2D eigenvalue weighted by atomic mass is 19.1. The van der Waals surface area contributed by atoms with Crippen molar-refractivity contribution in [2.45, 2.75) is 6.92 Å². The lowest BCUT2D eigenvalue weighted by molar-refractivity contribution is 0.448. The zero-order valence-corrected chi connectivity index (χ0v) is 10.3. The molecular weight excluding hydrogens is 252 g/mol. The zero-order valence-electron chi connectivity index (χ0n) is 10.3. The van der Waals surface area contributed by atoms with Crippen LogP contribution < -0.4 is 16.0 Å². The maximum atomic E-state index is 13.5. The van der Waals surface area contributed by atoms with E-state index < -0.39 is 17.4 Å². The average molecular weight is 265 g/mol. The number of aliphatic imine (C=N–C) groups is 1. The number of ether oxygens (including phenoxy) is 1. The van der Waals surface area contributed by atoms with Gasteiger partial charge in [0.2, 0.25) is 11.6 Å². The van der Waals surface area contributed by atoms with Gasteiger partial charge in [0.05, 0.1) is 6.54 Å². The van der Waals surface area contributed by atoms with Crippen LogP contribution in [0.4, 0.5) is 8.78 Å². The predicted octanol–water partition coefficient (Wildman–Crippen LogP) is 2.05. The minimum absolute atomic E-state index is 0.128. The molecule has 0 radical (unpaired) electrons. The summed E-state index contributed by atoms with van der Waals surface area (Å²) in [4.78, 5) is 4.06. The van der Waals surface area contributed by atoms with Crippen LogP contribution in [0, 0.1) is 11.6 Å². The zero-order chi connectivity index (χ0) is 13.8. The summed E-state index contributed by atoms with van der Waals surface area (Å²) in [5, 5.41) is 0. The molecule has 0 bridgehead atoms. The third-order valence-corrected chi connectivity index (χ3v) is 2.59.